The molecule has 0 aliphatic heterocycles. The molecule has 0 atom stereocenters. The number of nitrogens with one attached hydrogen (secondary N) is 1. The average molecular weight is 177 g/mol. The molecule has 0 fully saturated rings. The van der Waals surface area contributed by atoms with Gasteiger partial charge in [-0.3, -0.25) is 14.3 Å². The standard InChI is InChI=1S/C8H7N3O2/c1-6-5-11(4-2-3-9)8(13)10-7(6)12/h2,4-5H,1H3,(H,10,12,13)/b4-2+. The molecule has 0 saturated heterocycles. The van der Waals surface area contributed by atoms with Crippen LogP contribution >= 0.6 is 0 Å². The van der Waals surface area contributed by atoms with Crippen LogP contribution in [0.3, 0.4) is 0 Å². The van der Waals surface area contributed by atoms with Crippen LogP contribution in [-0.2, 0) is 0 Å². The first-order valence-corrected chi connectivity index (χ1v) is 3.53. The highest BCUT2D eigenvalue weighted by atomic mass is 16.2. The van der Waals surface area contributed by atoms with Crippen LogP contribution in [0.25, 0.3) is 6.20 Å². The van der Waals surface area contributed by atoms with Gasteiger partial charge in [0.25, 0.3) is 5.56 Å². The number of H-pyrrole nitrogens is 1. The Balaban J connectivity index is 3.34. The molecule has 1 heterocycles. The van der Waals surface area contributed by atoms with Gasteiger partial charge >= 0.3 is 5.69 Å². The van der Waals surface area contributed by atoms with E-state index in [2.05, 4.69) is 4.98 Å². The summed E-state index contributed by atoms with van der Waals surface area (Å²) >= 11 is 0. The van der Waals surface area contributed by atoms with Crippen molar-refractivity contribution in [2.24, 2.45) is 0 Å². The number of nitrogens with zero attached hydrogens (tertiary/aromatic N) is 2. The highest BCUT2D eigenvalue weighted by Crippen LogP contribution is 1.84. The van der Waals surface area contributed by atoms with Crippen LogP contribution in [0.5, 0.6) is 0 Å². The number of aryl methyl sites for hydroxylation is 1. The third-order valence-electron chi connectivity index (χ3n) is 1.46. The Morgan fingerprint density at radius 3 is 2.92 bits per heavy atom. The summed E-state index contributed by atoms with van der Waals surface area (Å²) in [4.78, 5) is 24.1. The summed E-state index contributed by atoms with van der Waals surface area (Å²) in [6.07, 6.45) is 3.80. The molecule has 0 spiro atoms. The van der Waals surface area contributed by atoms with Gasteiger partial charge in [0.05, 0.1) is 6.07 Å². The number of allylic oxidation sites excluding steroid dienone is 1. The second-order valence-corrected chi connectivity index (χ2v) is 2.42. The molecular formula is C8H7N3O2. The van der Waals surface area contributed by atoms with Crippen molar-refractivity contribution in [3.05, 3.63) is 38.7 Å². The normalized spacial score (nSPS) is 10.2. The topological polar surface area (TPSA) is 78.7 Å². The van der Waals surface area contributed by atoms with Crippen LogP contribution in [0.15, 0.2) is 21.9 Å². The minimum absolute atomic E-state index is 0.411. The van der Waals surface area contributed by atoms with Gasteiger partial charge in [0, 0.05) is 24.0 Å². The van der Waals surface area contributed by atoms with Crippen LogP contribution in [0.4, 0.5) is 0 Å². The molecule has 0 unspecified atom stereocenters. The van der Waals surface area contributed by atoms with Crippen molar-refractivity contribution in [3.63, 3.8) is 0 Å². The first kappa shape index (κ1) is 9.00. The summed E-state index contributed by atoms with van der Waals surface area (Å²) < 4.78 is 1.14. The molecule has 66 valence electrons. The first-order valence-electron chi connectivity index (χ1n) is 3.53. The van der Waals surface area contributed by atoms with Gasteiger partial charge in [-0.15, -0.1) is 0 Å². The Hall–Kier alpha value is -2.09. The Morgan fingerprint density at radius 1 is 1.62 bits per heavy atom. The van der Waals surface area contributed by atoms with Gasteiger partial charge in [0.1, 0.15) is 0 Å². The lowest BCUT2D eigenvalue weighted by Crippen LogP contribution is -2.28. The molecule has 1 aromatic rings. The zero-order valence-electron chi connectivity index (χ0n) is 6.94. The van der Waals surface area contributed by atoms with Crippen molar-refractivity contribution in [3.8, 4) is 6.07 Å². The summed E-state index contributed by atoms with van der Waals surface area (Å²) in [7, 11) is 0. The predicted molar refractivity (Wildman–Crippen MR) is 47.0 cm³/mol. The lowest BCUT2D eigenvalue weighted by atomic mass is 10.4. The van der Waals surface area contributed by atoms with Gasteiger partial charge < -0.3 is 0 Å². The van der Waals surface area contributed by atoms with Gasteiger partial charge in [-0.2, -0.15) is 5.26 Å². The van der Waals surface area contributed by atoms with E-state index < -0.39 is 11.2 Å². The molecule has 0 aliphatic carbocycles. The summed E-state index contributed by atoms with van der Waals surface area (Å²) in [5.41, 5.74) is -0.545. The summed E-state index contributed by atoms with van der Waals surface area (Å²) in [6, 6.07) is 1.75. The molecule has 1 rings (SSSR count). The Kier molecular flexibility index (Phi) is 2.45. The molecular weight excluding hydrogens is 170 g/mol. The van der Waals surface area contributed by atoms with Crippen LogP contribution in [-0.4, -0.2) is 9.55 Å². The monoisotopic (exact) mass is 177 g/mol. The van der Waals surface area contributed by atoms with Crippen molar-refractivity contribution >= 4 is 6.20 Å². The van der Waals surface area contributed by atoms with E-state index in [-0.39, 0.29) is 0 Å². The van der Waals surface area contributed by atoms with Crippen molar-refractivity contribution in [2.45, 2.75) is 6.92 Å². The zero-order valence-corrected chi connectivity index (χ0v) is 6.94. The fourth-order valence-electron chi connectivity index (χ4n) is 0.811. The van der Waals surface area contributed by atoms with E-state index in [0.29, 0.717) is 5.56 Å². The average Bonchev–Trinajstić information content (AvgIpc) is 2.09. The second kappa shape index (κ2) is 3.54. The van der Waals surface area contributed by atoms with Gasteiger partial charge in [0.15, 0.2) is 0 Å². The maximum Gasteiger partial charge on any atom is 0.332 e. The lowest BCUT2D eigenvalue weighted by Gasteiger charge is -1.96. The van der Waals surface area contributed by atoms with E-state index in [0.717, 1.165) is 10.6 Å². The van der Waals surface area contributed by atoms with E-state index in [1.54, 1.807) is 13.0 Å². The third-order valence-corrected chi connectivity index (χ3v) is 1.46. The Bertz CT molecular complexity index is 487. The first-order chi connectivity index (χ1) is 6.15. The molecule has 1 N–H and O–H groups in total. The number of nitriles is 1. The lowest BCUT2D eigenvalue weighted by molar-refractivity contribution is 0.918. The van der Waals surface area contributed by atoms with Crippen LogP contribution in [0.1, 0.15) is 5.56 Å². The number of aromatic amines is 1. The highest BCUT2D eigenvalue weighted by molar-refractivity contribution is 5.29. The van der Waals surface area contributed by atoms with Gasteiger partial charge in [-0.05, 0) is 6.92 Å². The smallest absolute Gasteiger partial charge is 0.275 e. The van der Waals surface area contributed by atoms with Crippen molar-refractivity contribution in [2.75, 3.05) is 0 Å². The summed E-state index contributed by atoms with van der Waals surface area (Å²) in [5.74, 6) is 0. The molecule has 0 amide bonds. The fourth-order valence-corrected chi connectivity index (χ4v) is 0.811. The summed E-state index contributed by atoms with van der Waals surface area (Å²) in [6.45, 7) is 1.58. The highest BCUT2D eigenvalue weighted by Gasteiger charge is 1.96. The number of hydrogen-bond donors (Lipinski definition) is 1. The number of rotatable bonds is 1. The molecule has 5 heteroatoms. The zero-order chi connectivity index (χ0) is 9.84. The fraction of sp³-hybridized carbons (Fsp3) is 0.125. The van der Waals surface area contributed by atoms with Crippen molar-refractivity contribution in [1.29, 1.82) is 5.26 Å². The molecule has 0 bridgehead atoms. The van der Waals surface area contributed by atoms with E-state index >= 15 is 0 Å². The van der Waals surface area contributed by atoms with Gasteiger partial charge in [-0.25, -0.2) is 4.79 Å². The Labute approximate surface area is 73.6 Å². The minimum Gasteiger partial charge on any atom is -0.275 e. The largest absolute Gasteiger partial charge is 0.332 e. The predicted octanol–water partition coefficient (Wildman–Crippen LogP) is -0.161. The molecule has 5 nitrogen and oxygen atoms in total. The van der Waals surface area contributed by atoms with Crippen molar-refractivity contribution in [1.82, 2.24) is 9.55 Å². The quantitative estimate of drug-likeness (QED) is 0.605. The number of hydrogen-bond acceptors (Lipinski definition) is 3. The number of aromatic nitrogens is 2. The Morgan fingerprint density at radius 2 is 2.31 bits per heavy atom. The second-order valence-electron chi connectivity index (χ2n) is 2.42. The van der Waals surface area contributed by atoms with Crippen LogP contribution < -0.4 is 11.2 Å². The van der Waals surface area contributed by atoms with E-state index in [4.69, 9.17) is 5.26 Å². The van der Waals surface area contributed by atoms with Gasteiger partial charge in [-0.1, -0.05) is 0 Å². The molecule has 0 saturated carbocycles. The van der Waals surface area contributed by atoms with E-state index in [9.17, 15) is 9.59 Å². The third kappa shape index (κ3) is 1.93. The molecule has 0 radical (unpaired) electrons. The van der Waals surface area contributed by atoms with Crippen molar-refractivity contribution < 1.29 is 0 Å². The van der Waals surface area contributed by atoms with Gasteiger partial charge in [0.2, 0.25) is 0 Å². The molecule has 13 heavy (non-hydrogen) atoms. The molecule has 1 aromatic heterocycles. The van der Waals surface area contributed by atoms with Crippen LogP contribution in [0.2, 0.25) is 0 Å². The minimum atomic E-state index is -0.554. The van der Waals surface area contributed by atoms with E-state index in [1.807, 2.05) is 0 Å². The SMILES string of the molecule is Cc1cn(/C=C/C#N)c(=O)[nH]c1=O. The maximum atomic E-state index is 11.0. The van der Waals surface area contributed by atoms with E-state index in [1.165, 1.54) is 12.4 Å². The molecule has 0 aromatic carbocycles. The maximum absolute atomic E-state index is 11.0. The van der Waals surface area contributed by atoms with Crippen LogP contribution in [0, 0.1) is 18.3 Å². The molecule has 0 aliphatic rings. The summed E-state index contributed by atoms with van der Waals surface area (Å²) in [5, 5.41) is 8.22.